The van der Waals surface area contributed by atoms with Gasteiger partial charge in [0.05, 0.1) is 29.8 Å². The molecule has 0 saturated heterocycles. The normalized spacial score (nSPS) is 13.6. The predicted octanol–water partition coefficient (Wildman–Crippen LogP) is 3.83. The molecule has 1 aliphatic rings. The highest BCUT2D eigenvalue weighted by Gasteiger charge is 2.26. The first kappa shape index (κ1) is 27.6. The summed E-state index contributed by atoms with van der Waals surface area (Å²) >= 11 is 0. The number of rotatable bonds is 9. The van der Waals surface area contributed by atoms with Gasteiger partial charge < -0.3 is 20.7 Å². The van der Waals surface area contributed by atoms with Crippen LogP contribution >= 0.6 is 0 Å². The Morgan fingerprint density at radius 2 is 2.03 bits per heavy atom. The van der Waals surface area contributed by atoms with Crippen molar-refractivity contribution in [1.82, 2.24) is 25.2 Å². The highest BCUT2D eigenvalue weighted by molar-refractivity contribution is 5.85. The van der Waals surface area contributed by atoms with Crippen molar-refractivity contribution in [1.29, 1.82) is 0 Å². The molecule has 3 N–H and O–H groups in total. The lowest BCUT2D eigenvalue weighted by Crippen LogP contribution is -2.47. The lowest BCUT2D eigenvalue weighted by molar-refractivity contribution is -0.125. The number of aromatic nitrogens is 3. The number of amides is 2. The molecule has 0 aromatic carbocycles. The van der Waals surface area contributed by atoms with E-state index in [4.69, 9.17) is 4.74 Å². The van der Waals surface area contributed by atoms with Gasteiger partial charge in [0.25, 0.3) is 0 Å². The molecule has 11 heteroatoms. The van der Waals surface area contributed by atoms with Crippen molar-refractivity contribution < 1.29 is 18.7 Å². The molecule has 2 amide bonds. The van der Waals surface area contributed by atoms with Crippen molar-refractivity contribution in [3.05, 3.63) is 36.0 Å². The number of nitrogens with zero attached hydrogens (tertiary/aromatic N) is 4. The minimum atomic E-state index is -0.663. The number of ether oxygens (including phenoxy) is 1. The summed E-state index contributed by atoms with van der Waals surface area (Å²) in [5.41, 5.74) is 0.478. The van der Waals surface area contributed by atoms with E-state index < -0.39 is 23.6 Å². The SMILES string of the molecule is C[C@@H](C(=O)NCCCC#Cc1cnc(Nc2cncc(F)c2)nc1NC1CC1)N(C)C(=O)OC(C)(C)C. The van der Waals surface area contributed by atoms with Crippen molar-refractivity contribution in [3.63, 3.8) is 0 Å². The monoisotopic (exact) mass is 511 g/mol. The molecule has 198 valence electrons. The number of hydrogen-bond acceptors (Lipinski definition) is 8. The Balaban J connectivity index is 1.50. The van der Waals surface area contributed by atoms with Crippen molar-refractivity contribution in [3.8, 4) is 11.8 Å². The van der Waals surface area contributed by atoms with E-state index in [1.807, 2.05) is 0 Å². The second-order valence-corrected chi connectivity index (χ2v) is 9.85. The van der Waals surface area contributed by atoms with Gasteiger partial charge in [-0.15, -0.1) is 0 Å². The second kappa shape index (κ2) is 12.3. The fourth-order valence-electron chi connectivity index (χ4n) is 3.04. The molecule has 2 aromatic heterocycles. The summed E-state index contributed by atoms with van der Waals surface area (Å²) in [6.07, 6.45) is 7.00. The summed E-state index contributed by atoms with van der Waals surface area (Å²) in [5, 5.41) is 9.13. The Bertz CT molecular complexity index is 1170. The molecule has 37 heavy (non-hydrogen) atoms. The number of pyridine rings is 1. The third kappa shape index (κ3) is 9.22. The van der Waals surface area contributed by atoms with Crippen LogP contribution in [-0.4, -0.2) is 63.1 Å². The molecular formula is C26H34FN7O3. The number of halogens is 1. The number of anilines is 3. The van der Waals surface area contributed by atoms with E-state index in [0.717, 1.165) is 19.0 Å². The van der Waals surface area contributed by atoms with E-state index in [0.29, 0.717) is 48.4 Å². The van der Waals surface area contributed by atoms with Crippen LogP contribution in [0.1, 0.15) is 58.9 Å². The molecule has 1 aliphatic carbocycles. The van der Waals surface area contributed by atoms with Crippen LogP contribution in [0.4, 0.5) is 26.6 Å². The summed E-state index contributed by atoms with van der Waals surface area (Å²) in [7, 11) is 1.54. The van der Waals surface area contributed by atoms with Gasteiger partial charge in [-0.05, 0) is 47.0 Å². The van der Waals surface area contributed by atoms with Crippen LogP contribution in [0, 0.1) is 17.7 Å². The van der Waals surface area contributed by atoms with Gasteiger partial charge in [0.2, 0.25) is 11.9 Å². The molecule has 1 atom stereocenters. The Morgan fingerprint density at radius 1 is 1.27 bits per heavy atom. The Kier molecular flexibility index (Phi) is 9.22. The first-order chi connectivity index (χ1) is 17.5. The van der Waals surface area contributed by atoms with E-state index >= 15 is 0 Å². The van der Waals surface area contributed by atoms with E-state index in [-0.39, 0.29) is 5.91 Å². The Labute approximate surface area is 216 Å². The third-order valence-corrected chi connectivity index (χ3v) is 5.31. The zero-order valence-electron chi connectivity index (χ0n) is 21.9. The van der Waals surface area contributed by atoms with Crippen LogP contribution in [0.15, 0.2) is 24.7 Å². The smallest absolute Gasteiger partial charge is 0.410 e. The lowest BCUT2D eigenvalue weighted by Gasteiger charge is -2.28. The molecule has 2 aromatic rings. The standard InChI is InChI=1S/C26H34FN7O3/c1-17(34(5)25(36)37-26(2,3)4)23(35)29-12-8-6-7-9-18-14-30-24(33-22(18)31-20-10-11-20)32-21-13-19(27)15-28-16-21/h13-17,20H,6,8,10-12H2,1-5H3,(H,29,35)(H2,30,31,32,33)/t17-/m0/s1. The number of unbranched alkanes of at least 4 members (excludes halogenated alkanes) is 1. The summed E-state index contributed by atoms with van der Waals surface area (Å²) < 4.78 is 18.7. The Hall–Kier alpha value is -3.94. The second-order valence-electron chi connectivity index (χ2n) is 9.85. The molecule has 10 nitrogen and oxygen atoms in total. The van der Waals surface area contributed by atoms with E-state index in [2.05, 4.69) is 42.7 Å². The topological polar surface area (TPSA) is 121 Å². The molecule has 1 fully saturated rings. The average Bonchev–Trinajstić information content (AvgIpc) is 3.64. The molecule has 3 rings (SSSR count). The van der Waals surface area contributed by atoms with Gasteiger partial charge in [0.1, 0.15) is 23.3 Å². The van der Waals surface area contributed by atoms with Crippen LogP contribution < -0.4 is 16.0 Å². The van der Waals surface area contributed by atoms with Crippen molar-refractivity contribution in [2.24, 2.45) is 0 Å². The van der Waals surface area contributed by atoms with E-state index in [1.165, 1.54) is 24.2 Å². The fourth-order valence-corrected chi connectivity index (χ4v) is 3.04. The fraction of sp³-hybridized carbons (Fsp3) is 0.500. The summed E-state index contributed by atoms with van der Waals surface area (Å²) in [6.45, 7) is 7.40. The third-order valence-electron chi connectivity index (χ3n) is 5.31. The molecular weight excluding hydrogens is 477 g/mol. The number of carbonyl (C=O) groups excluding carboxylic acids is 2. The van der Waals surface area contributed by atoms with Gasteiger partial charge >= 0.3 is 6.09 Å². The Morgan fingerprint density at radius 3 is 2.70 bits per heavy atom. The molecule has 0 radical (unpaired) electrons. The number of likely N-dealkylation sites (N-methyl/N-ethyl adjacent to an activating group) is 1. The molecule has 1 saturated carbocycles. The first-order valence-corrected chi connectivity index (χ1v) is 12.3. The quantitative estimate of drug-likeness (QED) is 0.343. The molecule has 0 bridgehead atoms. The molecule has 0 aliphatic heterocycles. The summed E-state index contributed by atoms with van der Waals surface area (Å²) in [4.78, 5) is 38.4. The number of hydrogen-bond donors (Lipinski definition) is 3. The maximum Gasteiger partial charge on any atom is 0.410 e. The number of carbonyl (C=O) groups is 2. The number of nitrogens with one attached hydrogen (secondary N) is 3. The molecule has 0 unspecified atom stereocenters. The summed E-state index contributed by atoms with van der Waals surface area (Å²) in [6, 6.07) is 1.01. The minimum absolute atomic E-state index is 0.262. The highest BCUT2D eigenvalue weighted by atomic mass is 19.1. The van der Waals surface area contributed by atoms with Gasteiger partial charge in [-0.1, -0.05) is 11.8 Å². The van der Waals surface area contributed by atoms with Gasteiger partial charge in [-0.25, -0.2) is 14.2 Å². The maximum absolute atomic E-state index is 13.4. The minimum Gasteiger partial charge on any atom is -0.444 e. The molecule has 2 heterocycles. The van der Waals surface area contributed by atoms with Crippen molar-refractivity contribution in [2.75, 3.05) is 24.2 Å². The van der Waals surface area contributed by atoms with E-state index in [9.17, 15) is 14.0 Å². The van der Waals surface area contributed by atoms with Gasteiger partial charge in [-0.2, -0.15) is 4.98 Å². The first-order valence-electron chi connectivity index (χ1n) is 12.3. The maximum atomic E-state index is 13.4. The van der Waals surface area contributed by atoms with Crippen molar-refractivity contribution >= 4 is 29.5 Å². The zero-order chi connectivity index (χ0) is 27.0. The summed E-state index contributed by atoms with van der Waals surface area (Å²) in [5.74, 6) is 6.40. The largest absolute Gasteiger partial charge is 0.444 e. The average molecular weight is 512 g/mol. The molecule has 0 spiro atoms. The zero-order valence-corrected chi connectivity index (χ0v) is 21.9. The van der Waals surface area contributed by atoms with E-state index in [1.54, 1.807) is 33.9 Å². The lowest BCUT2D eigenvalue weighted by atomic mass is 10.2. The van der Waals surface area contributed by atoms with Crippen molar-refractivity contribution in [2.45, 2.75) is 71.1 Å². The van der Waals surface area contributed by atoms with Crippen LogP contribution in [0.3, 0.4) is 0 Å². The van der Waals surface area contributed by atoms with Crippen LogP contribution in [0.25, 0.3) is 0 Å². The van der Waals surface area contributed by atoms with Gasteiger partial charge in [0, 0.05) is 32.1 Å². The highest BCUT2D eigenvalue weighted by Crippen LogP contribution is 2.26. The van der Waals surface area contributed by atoms with Crippen LogP contribution in [0.2, 0.25) is 0 Å². The van der Waals surface area contributed by atoms with Gasteiger partial charge in [-0.3, -0.25) is 14.7 Å². The predicted molar refractivity (Wildman–Crippen MR) is 139 cm³/mol. The van der Waals surface area contributed by atoms with Crippen LogP contribution in [-0.2, 0) is 9.53 Å². The van der Waals surface area contributed by atoms with Crippen LogP contribution in [0.5, 0.6) is 0 Å². The van der Waals surface area contributed by atoms with Gasteiger partial charge in [0.15, 0.2) is 0 Å².